The molecule has 7 heteroatoms. The highest BCUT2D eigenvalue weighted by atomic mass is 16.6. The first-order chi connectivity index (χ1) is 15.1. The Balaban J connectivity index is 1.22. The lowest BCUT2D eigenvalue weighted by molar-refractivity contribution is -0.146. The largest absolute Gasteiger partial charge is 0.444 e. The van der Waals surface area contributed by atoms with Gasteiger partial charge in [-0.05, 0) is 94.7 Å². The number of amides is 3. The van der Waals surface area contributed by atoms with Crippen LogP contribution in [0.25, 0.3) is 0 Å². The van der Waals surface area contributed by atoms with Crippen LogP contribution in [-0.4, -0.2) is 30.1 Å². The number of alkyl carbamates (subject to hydrolysis) is 1. The lowest BCUT2D eigenvalue weighted by Crippen LogP contribution is -2.53. The molecule has 0 radical (unpaired) electrons. The molecule has 1 aromatic rings. The summed E-state index contributed by atoms with van der Waals surface area (Å²) in [6, 6.07) is 7.41. The van der Waals surface area contributed by atoms with Gasteiger partial charge in [-0.25, -0.2) is 4.79 Å². The zero-order valence-corrected chi connectivity index (χ0v) is 19.3. The monoisotopic (exact) mass is 441 g/mol. The fourth-order valence-electron chi connectivity index (χ4n) is 6.14. The number of rotatable bonds is 6. The second kappa shape index (κ2) is 8.75. The van der Waals surface area contributed by atoms with Gasteiger partial charge in [-0.3, -0.25) is 9.59 Å². The summed E-state index contributed by atoms with van der Waals surface area (Å²) in [4.78, 5) is 36.8. The van der Waals surface area contributed by atoms with Crippen LogP contribution < -0.4 is 16.0 Å². The molecule has 3 N–H and O–H groups in total. The molecule has 7 nitrogen and oxygen atoms in total. The van der Waals surface area contributed by atoms with Crippen LogP contribution in [0.3, 0.4) is 0 Å². The van der Waals surface area contributed by atoms with E-state index in [2.05, 4.69) is 16.0 Å². The van der Waals surface area contributed by atoms with E-state index in [4.69, 9.17) is 4.74 Å². The Labute approximate surface area is 190 Å². The van der Waals surface area contributed by atoms with Crippen LogP contribution in [0, 0.1) is 23.2 Å². The maximum Gasteiger partial charge on any atom is 0.408 e. The van der Waals surface area contributed by atoms with Gasteiger partial charge in [0.1, 0.15) is 12.1 Å². The van der Waals surface area contributed by atoms with E-state index in [1.165, 1.54) is 19.3 Å². The van der Waals surface area contributed by atoms with Gasteiger partial charge >= 0.3 is 6.09 Å². The molecule has 0 spiro atoms. The first-order valence-electron chi connectivity index (χ1n) is 11.7. The maximum atomic E-state index is 13.1. The Morgan fingerprint density at radius 1 is 0.938 bits per heavy atom. The predicted octanol–water partition coefficient (Wildman–Crippen LogP) is 3.98. The number of hydrogen-bond acceptors (Lipinski definition) is 4. The van der Waals surface area contributed by atoms with Gasteiger partial charge in [0.05, 0.1) is 0 Å². The van der Waals surface area contributed by atoms with Crippen LogP contribution in [0.15, 0.2) is 24.3 Å². The molecule has 3 amide bonds. The summed E-state index contributed by atoms with van der Waals surface area (Å²) in [5.41, 5.74) is 0.885. The standard InChI is InChI=1S/C25H35N3O4/c1-24(2,3)32-23(31)27-15-21(29)28-20-6-4-16(5-7-20)14-26-22(30)25-11-17-8-18(12-25)10-19(9-17)13-25/h4-7,17-19H,8-15H2,1-3H3,(H,26,30)(H,27,31)(H,28,29). The van der Waals surface area contributed by atoms with E-state index >= 15 is 0 Å². The number of ether oxygens (including phenoxy) is 1. The molecule has 1 aromatic carbocycles. The van der Waals surface area contributed by atoms with Crippen molar-refractivity contribution < 1.29 is 19.1 Å². The minimum atomic E-state index is -0.627. The van der Waals surface area contributed by atoms with Crippen LogP contribution in [0.2, 0.25) is 0 Å². The average Bonchev–Trinajstić information content (AvgIpc) is 2.69. The molecule has 0 aromatic heterocycles. The molecule has 174 valence electrons. The molecule has 4 bridgehead atoms. The normalized spacial score (nSPS) is 28.2. The van der Waals surface area contributed by atoms with Crippen LogP contribution in [0.4, 0.5) is 10.5 Å². The summed E-state index contributed by atoms with van der Waals surface area (Å²) in [7, 11) is 0. The first kappa shape index (κ1) is 22.6. The van der Waals surface area contributed by atoms with Gasteiger partial charge in [0.2, 0.25) is 11.8 Å². The maximum absolute atomic E-state index is 13.1. The quantitative estimate of drug-likeness (QED) is 0.622. The number of anilines is 1. The Morgan fingerprint density at radius 3 is 2.03 bits per heavy atom. The number of carbonyl (C=O) groups excluding carboxylic acids is 3. The van der Waals surface area contributed by atoms with E-state index in [9.17, 15) is 14.4 Å². The molecular formula is C25H35N3O4. The van der Waals surface area contributed by atoms with Crippen molar-refractivity contribution in [2.75, 3.05) is 11.9 Å². The summed E-state index contributed by atoms with van der Waals surface area (Å²) in [5.74, 6) is 2.14. The fraction of sp³-hybridized carbons (Fsp3) is 0.640. The van der Waals surface area contributed by atoms with Crippen molar-refractivity contribution in [1.29, 1.82) is 0 Å². The number of nitrogens with one attached hydrogen (secondary N) is 3. The van der Waals surface area contributed by atoms with Crippen molar-refractivity contribution in [2.45, 2.75) is 71.4 Å². The van der Waals surface area contributed by atoms with Gasteiger partial charge in [-0.15, -0.1) is 0 Å². The molecule has 4 aliphatic carbocycles. The van der Waals surface area contributed by atoms with Crippen molar-refractivity contribution in [3.63, 3.8) is 0 Å². The third-order valence-corrected chi connectivity index (χ3v) is 7.00. The highest BCUT2D eigenvalue weighted by Crippen LogP contribution is 2.60. The van der Waals surface area contributed by atoms with Crippen molar-refractivity contribution in [3.8, 4) is 0 Å². The highest BCUT2D eigenvalue weighted by Gasteiger charge is 2.54. The molecule has 4 saturated carbocycles. The smallest absolute Gasteiger partial charge is 0.408 e. The average molecular weight is 442 g/mol. The van der Waals surface area contributed by atoms with Crippen molar-refractivity contribution in [1.82, 2.24) is 10.6 Å². The minimum Gasteiger partial charge on any atom is -0.444 e. The Hall–Kier alpha value is -2.57. The molecule has 5 rings (SSSR count). The topological polar surface area (TPSA) is 96.5 Å². The van der Waals surface area contributed by atoms with E-state index in [0.717, 1.165) is 42.6 Å². The Morgan fingerprint density at radius 2 is 1.50 bits per heavy atom. The molecule has 0 heterocycles. The van der Waals surface area contributed by atoms with Gasteiger partial charge in [0.15, 0.2) is 0 Å². The van der Waals surface area contributed by atoms with Crippen molar-refractivity contribution in [3.05, 3.63) is 29.8 Å². The summed E-state index contributed by atoms with van der Waals surface area (Å²) in [6.45, 7) is 5.62. The van der Waals surface area contributed by atoms with Crippen LogP contribution in [0.5, 0.6) is 0 Å². The Bertz CT molecular complexity index is 837. The third kappa shape index (κ3) is 5.43. The van der Waals surface area contributed by atoms with Crippen molar-refractivity contribution in [2.24, 2.45) is 23.2 Å². The van der Waals surface area contributed by atoms with Crippen LogP contribution in [-0.2, 0) is 20.9 Å². The van der Waals surface area contributed by atoms with Gasteiger partial charge in [0.25, 0.3) is 0 Å². The summed E-state index contributed by atoms with van der Waals surface area (Å²) in [5, 5.41) is 8.36. The van der Waals surface area contributed by atoms with Gasteiger partial charge in [0, 0.05) is 17.6 Å². The van der Waals surface area contributed by atoms with E-state index in [-0.39, 0.29) is 23.8 Å². The Kier molecular flexibility index (Phi) is 6.19. The van der Waals surface area contributed by atoms with E-state index < -0.39 is 11.7 Å². The zero-order chi connectivity index (χ0) is 22.9. The minimum absolute atomic E-state index is 0.135. The number of hydrogen-bond donors (Lipinski definition) is 3. The van der Waals surface area contributed by atoms with E-state index in [1.54, 1.807) is 32.9 Å². The molecule has 0 atom stereocenters. The second-order valence-electron chi connectivity index (χ2n) is 11.0. The predicted molar refractivity (Wildman–Crippen MR) is 122 cm³/mol. The second-order valence-corrected chi connectivity index (χ2v) is 11.0. The summed E-state index contributed by atoms with van der Waals surface area (Å²) < 4.78 is 5.11. The lowest BCUT2D eigenvalue weighted by atomic mass is 9.49. The number of benzene rings is 1. The SMILES string of the molecule is CC(C)(C)OC(=O)NCC(=O)Nc1ccc(CNC(=O)C23CC4CC(CC(C4)C2)C3)cc1. The molecule has 0 aliphatic heterocycles. The zero-order valence-electron chi connectivity index (χ0n) is 19.3. The first-order valence-corrected chi connectivity index (χ1v) is 11.7. The van der Waals surface area contributed by atoms with Gasteiger partial charge < -0.3 is 20.7 Å². The molecule has 4 aliphatic rings. The van der Waals surface area contributed by atoms with E-state index in [1.807, 2.05) is 12.1 Å². The molecular weight excluding hydrogens is 406 g/mol. The summed E-state index contributed by atoms with van der Waals surface area (Å²) in [6.07, 6.45) is 6.54. The molecule has 32 heavy (non-hydrogen) atoms. The van der Waals surface area contributed by atoms with Crippen LogP contribution >= 0.6 is 0 Å². The van der Waals surface area contributed by atoms with Gasteiger partial charge in [-0.2, -0.15) is 0 Å². The van der Waals surface area contributed by atoms with E-state index in [0.29, 0.717) is 12.2 Å². The lowest BCUT2D eigenvalue weighted by Gasteiger charge is -2.55. The molecule has 4 fully saturated rings. The molecule has 0 unspecified atom stereocenters. The van der Waals surface area contributed by atoms with Crippen molar-refractivity contribution >= 4 is 23.6 Å². The van der Waals surface area contributed by atoms with Gasteiger partial charge in [-0.1, -0.05) is 12.1 Å². The molecule has 0 saturated heterocycles. The number of carbonyl (C=O) groups is 3. The fourth-order valence-corrected chi connectivity index (χ4v) is 6.14. The summed E-state index contributed by atoms with van der Waals surface area (Å²) >= 11 is 0. The third-order valence-electron chi connectivity index (χ3n) is 7.00. The van der Waals surface area contributed by atoms with Crippen LogP contribution in [0.1, 0.15) is 64.9 Å². The highest BCUT2D eigenvalue weighted by molar-refractivity contribution is 5.93.